The molecule has 31 heavy (non-hydrogen) atoms. The van der Waals surface area contributed by atoms with E-state index in [0.717, 1.165) is 10.1 Å². The van der Waals surface area contributed by atoms with Crippen LogP contribution in [0.4, 0.5) is 0 Å². The molecular formula is C23H30O7S. The van der Waals surface area contributed by atoms with E-state index < -0.39 is 29.1 Å². The molecule has 0 fully saturated rings. The standard InChI is InChI=1S/C23H30O7S/c1-22(2,3)29-20(25)14(21(26)30-23(4,5)6)11-15(24)19-10-13-9-16(27-7)17(28-8)12-18(13)31-19/h9-10,12,14H,11H2,1-8H3. The van der Waals surface area contributed by atoms with Crippen molar-refractivity contribution in [2.24, 2.45) is 5.92 Å². The highest BCUT2D eigenvalue weighted by atomic mass is 32.1. The molecule has 0 aliphatic heterocycles. The van der Waals surface area contributed by atoms with E-state index in [9.17, 15) is 14.4 Å². The first-order chi connectivity index (χ1) is 14.2. The second kappa shape index (κ2) is 9.26. The number of thiophene rings is 1. The fourth-order valence-electron chi connectivity index (χ4n) is 2.80. The quantitative estimate of drug-likeness (QED) is 0.340. The van der Waals surface area contributed by atoms with E-state index in [0.29, 0.717) is 16.4 Å². The van der Waals surface area contributed by atoms with Gasteiger partial charge in [-0.3, -0.25) is 14.4 Å². The number of methoxy groups -OCH3 is 2. The minimum Gasteiger partial charge on any atom is -0.493 e. The Balaban J connectivity index is 2.33. The largest absolute Gasteiger partial charge is 0.493 e. The zero-order valence-electron chi connectivity index (χ0n) is 19.3. The number of hydrogen-bond donors (Lipinski definition) is 0. The summed E-state index contributed by atoms with van der Waals surface area (Å²) in [6.45, 7) is 10.2. The van der Waals surface area contributed by atoms with Gasteiger partial charge in [0.2, 0.25) is 0 Å². The summed E-state index contributed by atoms with van der Waals surface area (Å²) < 4.78 is 22.2. The number of rotatable bonds is 7. The molecule has 1 aromatic heterocycles. The second-order valence-electron chi connectivity index (χ2n) is 9.10. The second-order valence-corrected chi connectivity index (χ2v) is 10.2. The summed E-state index contributed by atoms with van der Waals surface area (Å²) in [5.74, 6) is -2.15. The number of carbonyl (C=O) groups excluding carboxylic acids is 3. The van der Waals surface area contributed by atoms with Crippen LogP contribution in [0.3, 0.4) is 0 Å². The lowest BCUT2D eigenvalue weighted by molar-refractivity contribution is -0.174. The van der Waals surface area contributed by atoms with Crippen LogP contribution in [0, 0.1) is 5.92 Å². The summed E-state index contributed by atoms with van der Waals surface area (Å²) in [5.41, 5.74) is -1.60. The van der Waals surface area contributed by atoms with Crippen molar-refractivity contribution in [1.29, 1.82) is 0 Å². The third kappa shape index (κ3) is 6.69. The summed E-state index contributed by atoms with van der Waals surface area (Å²) in [6.07, 6.45) is -0.342. The number of carbonyl (C=O) groups is 3. The average Bonchev–Trinajstić information content (AvgIpc) is 3.04. The monoisotopic (exact) mass is 450 g/mol. The predicted octanol–water partition coefficient (Wildman–Crippen LogP) is 4.79. The van der Waals surface area contributed by atoms with Crippen molar-refractivity contribution >= 4 is 39.1 Å². The Hall–Kier alpha value is -2.61. The first-order valence-electron chi connectivity index (χ1n) is 9.88. The summed E-state index contributed by atoms with van der Waals surface area (Å²) in [7, 11) is 3.07. The van der Waals surface area contributed by atoms with Gasteiger partial charge in [-0.1, -0.05) is 0 Å². The topological polar surface area (TPSA) is 88.1 Å². The van der Waals surface area contributed by atoms with Gasteiger partial charge in [0.1, 0.15) is 11.2 Å². The van der Waals surface area contributed by atoms with Crippen LogP contribution in [0.1, 0.15) is 57.6 Å². The Kier molecular flexibility index (Phi) is 7.36. The normalized spacial score (nSPS) is 12.0. The van der Waals surface area contributed by atoms with Crippen molar-refractivity contribution in [1.82, 2.24) is 0 Å². The molecule has 7 nitrogen and oxygen atoms in total. The van der Waals surface area contributed by atoms with Crippen molar-refractivity contribution in [3.05, 3.63) is 23.1 Å². The van der Waals surface area contributed by atoms with Crippen LogP contribution in [-0.2, 0) is 19.1 Å². The molecule has 0 spiro atoms. The van der Waals surface area contributed by atoms with E-state index in [1.54, 1.807) is 59.7 Å². The summed E-state index contributed by atoms with van der Waals surface area (Å²) in [4.78, 5) is 38.8. The first-order valence-corrected chi connectivity index (χ1v) is 10.7. The highest BCUT2D eigenvalue weighted by Gasteiger charge is 2.37. The molecule has 0 saturated carbocycles. The van der Waals surface area contributed by atoms with Gasteiger partial charge < -0.3 is 18.9 Å². The van der Waals surface area contributed by atoms with E-state index in [4.69, 9.17) is 18.9 Å². The van der Waals surface area contributed by atoms with Gasteiger partial charge in [-0.15, -0.1) is 11.3 Å². The first kappa shape index (κ1) is 24.7. The minimum atomic E-state index is -1.35. The molecular weight excluding hydrogens is 420 g/mol. The van der Waals surface area contributed by atoms with Crippen LogP contribution in [0.5, 0.6) is 11.5 Å². The molecule has 0 aliphatic rings. The van der Waals surface area contributed by atoms with Gasteiger partial charge in [-0.2, -0.15) is 0 Å². The third-order valence-electron chi connectivity index (χ3n) is 4.07. The van der Waals surface area contributed by atoms with Gasteiger partial charge in [0.15, 0.2) is 23.2 Å². The molecule has 2 aromatic rings. The highest BCUT2D eigenvalue weighted by Crippen LogP contribution is 2.37. The lowest BCUT2D eigenvalue weighted by Gasteiger charge is -2.26. The van der Waals surface area contributed by atoms with Crippen LogP contribution < -0.4 is 9.47 Å². The molecule has 1 heterocycles. The Morgan fingerprint density at radius 2 is 1.32 bits per heavy atom. The molecule has 0 unspecified atom stereocenters. The van der Waals surface area contributed by atoms with E-state index in [1.165, 1.54) is 25.6 Å². The van der Waals surface area contributed by atoms with Crippen LogP contribution in [0.15, 0.2) is 18.2 Å². The number of ketones is 1. The minimum absolute atomic E-state index is 0.342. The molecule has 0 aliphatic carbocycles. The van der Waals surface area contributed by atoms with E-state index >= 15 is 0 Å². The molecule has 8 heteroatoms. The van der Waals surface area contributed by atoms with Crippen molar-refractivity contribution in [2.45, 2.75) is 59.2 Å². The highest BCUT2D eigenvalue weighted by molar-refractivity contribution is 7.20. The lowest BCUT2D eigenvalue weighted by Crippen LogP contribution is -2.38. The SMILES string of the molecule is COc1cc2cc(C(=O)CC(C(=O)OC(C)(C)C)C(=O)OC(C)(C)C)sc2cc1OC. The van der Waals surface area contributed by atoms with Crippen LogP contribution >= 0.6 is 11.3 Å². The molecule has 0 amide bonds. The Morgan fingerprint density at radius 3 is 1.77 bits per heavy atom. The van der Waals surface area contributed by atoms with Crippen molar-refractivity contribution < 1.29 is 33.3 Å². The molecule has 170 valence electrons. The lowest BCUT2D eigenvalue weighted by atomic mass is 10.0. The summed E-state index contributed by atoms with van der Waals surface area (Å²) >= 11 is 1.26. The van der Waals surface area contributed by atoms with Crippen LogP contribution in [-0.4, -0.2) is 43.1 Å². The van der Waals surface area contributed by atoms with Crippen molar-refractivity contribution in [3.8, 4) is 11.5 Å². The van der Waals surface area contributed by atoms with Crippen molar-refractivity contribution in [3.63, 3.8) is 0 Å². The molecule has 0 saturated heterocycles. The fraction of sp³-hybridized carbons (Fsp3) is 0.522. The van der Waals surface area contributed by atoms with Gasteiger partial charge >= 0.3 is 11.9 Å². The number of Topliss-reactive ketones (excluding diaryl/α,β-unsaturated/α-hetero) is 1. The number of benzene rings is 1. The predicted molar refractivity (Wildman–Crippen MR) is 119 cm³/mol. The maximum Gasteiger partial charge on any atom is 0.321 e. The van der Waals surface area contributed by atoms with Crippen molar-refractivity contribution in [2.75, 3.05) is 14.2 Å². The number of ether oxygens (including phenoxy) is 4. The average molecular weight is 451 g/mol. The molecule has 2 rings (SSSR count). The van der Waals surface area contributed by atoms with Crippen LogP contribution in [0.25, 0.3) is 10.1 Å². The van der Waals surface area contributed by atoms with Gasteiger partial charge in [0, 0.05) is 17.2 Å². The summed E-state index contributed by atoms with van der Waals surface area (Å²) in [6, 6.07) is 5.28. The van der Waals surface area contributed by atoms with Gasteiger partial charge in [-0.05, 0) is 59.1 Å². The fourth-order valence-corrected chi connectivity index (χ4v) is 3.82. The molecule has 0 radical (unpaired) electrons. The molecule has 0 N–H and O–H groups in total. The molecule has 0 bridgehead atoms. The summed E-state index contributed by atoms with van der Waals surface area (Å²) in [5, 5.41) is 0.803. The van der Waals surface area contributed by atoms with Gasteiger partial charge in [0.25, 0.3) is 0 Å². The maximum atomic E-state index is 13.0. The van der Waals surface area contributed by atoms with E-state index in [1.807, 2.05) is 0 Å². The smallest absolute Gasteiger partial charge is 0.321 e. The molecule has 0 atom stereocenters. The zero-order valence-corrected chi connectivity index (χ0v) is 20.1. The third-order valence-corrected chi connectivity index (χ3v) is 5.21. The Bertz CT molecular complexity index is 907. The van der Waals surface area contributed by atoms with Gasteiger partial charge in [0.05, 0.1) is 19.1 Å². The maximum absolute atomic E-state index is 13.0. The number of esters is 2. The van der Waals surface area contributed by atoms with Crippen LogP contribution in [0.2, 0.25) is 0 Å². The Labute approximate surface area is 186 Å². The molecule has 1 aromatic carbocycles. The number of hydrogen-bond acceptors (Lipinski definition) is 8. The van der Waals surface area contributed by atoms with E-state index in [2.05, 4.69) is 0 Å². The van der Waals surface area contributed by atoms with E-state index in [-0.39, 0.29) is 12.2 Å². The van der Waals surface area contributed by atoms with Gasteiger partial charge in [-0.25, -0.2) is 0 Å². The zero-order chi connectivity index (χ0) is 23.6. The Morgan fingerprint density at radius 1 is 0.839 bits per heavy atom. The number of fused-ring (bicyclic) bond motifs is 1.